The molecule has 138 valence electrons. The number of aromatic nitrogens is 2. The van der Waals surface area contributed by atoms with Gasteiger partial charge in [0.15, 0.2) is 5.78 Å². The summed E-state index contributed by atoms with van der Waals surface area (Å²) in [6, 6.07) is 9.47. The van der Waals surface area contributed by atoms with Gasteiger partial charge in [0.05, 0.1) is 17.9 Å². The van der Waals surface area contributed by atoms with Crippen LogP contribution >= 0.6 is 24.8 Å². The maximum atomic E-state index is 12.1. The van der Waals surface area contributed by atoms with Crippen LogP contribution in [0.4, 0.5) is 5.88 Å². The van der Waals surface area contributed by atoms with Crippen molar-refractivity contribution in [1.82, 2.24) is 10.2 Å². The van der Waals surface area contributed by atoms with Crippen LogP contribution in [-0.2, 0) is 0 Å². The monoisotopic (exact) mass is 387 g/mol. The second-order valence-electron chi connectivity index (χ2n) is 5.67. The summed E-state index contributed by atoms with van der Waals surface area (Å²) in [5.74, 6) is 0.275. The molecule has 1 aromatic heterocycles. The number of nitrogens with zero attached hydrogens (tertiary/aromatic N) is 4. The summed E-state index contributed by atoms with van der Waals surface area (Å²) in [6.07, 6.45) is 3.03. The molecule has 7 nitrogen and oxygen atoms in total. The van der Waals surface area contributed by atoms with Crippen molar-refractivity contribution in [2.45, 2.75) is 12.8 Å². The average molecular weight is 388 g/mol. The van der Waals surface area contributed by atoms with E-state index in [9.17, 15) is 4.79 Å². The zero-order valence-corrected chi connectivity index (χ0v) is 15.5. The molecule has 0 atom stereocenters. The first kappa shape index (κ1) is 21.2. The lowest BCUT2D eigenvalue weighted by Gasteiger charge is -2.29. The number of piperazine rings is 1. The third-order valence-corrected chi connectivity index (χ3v) is 4.07. The fraction of sp³-hybridized carbons (Fsp3) is 0.438. The molecule has 25 heavy (non-hydrogen) atoms. The molecule has 0 spiro atoms. The molecule has 0 saturated carbocycles. The van der Waals surface area contributed by atoms with E-state index in [0.29, 0.717) is 6.42 Å². The van der Waals surface area contributed by atoms with Crippen LogP contribution in [0.2, 0.25) is 0 Å². The molecule has 0 amide bonds. The van der Waals surface area contributed by atoms with Crippen molar-refractivity contribution < 1.29 is 14.1 Å². The zero-order valence-electron chi connectivity index (χ0n) is 13.8. The van der Waals surface area contributed by atoms with E-state index in [-0.39, 0.29) is 36.5 Å². The number of hydrogen-bond donors (Lipinski definition) is 0. The highest BCUT2D eigenvalue weighted by molar-refractivity contribution is 5.95. The number of halogens is 2. The largest absolute Gasteiger partial charge is 0.660 e. The van der Waals surface area contributed by atoms with E-state index < -0.39 is 0 Å². The maximum absolute atomic E-state index is 12.1. The predicted molar refractivity (Wildman–Crippen MR) is 99.6 cm³/mol. The Morgan fingerprint density at radius 1 is 1.16 bits per heavy atom. The number of Topliss-reactive ketones (excluding diaryl/α,β-unsaturated/α-hetero) is 1. The Morgan fingerprint density at radius 2 is 1.84 bits per heavy atom. The van der Waals surface area contributed by atoms with Crippen molar-refractivity contribution >= 4 is 36.5 Å². The van der Waals surface area contributed by atoms with Gasteiger partial charge in [-0.1, -0.05) is 30.3 Å². The molecule has 1 aliphatic rings. The van der Waals surface area contributed by atoms with Crippen LogP contribution in [0.3, 0.4) is 0 Å². The minimum Gasteiger partial charge on any atom is -0.660 e. The molecular formula is C16H23Cl2N5O2. The van der Waals surface area contributed by atoms with E-state index in [1.54, 1.807) is 11.0 Å². The van der Waals surface area contributed by atoms with Gasteiger partial charge in [-0.05, 0) is 13.0 Å². The average Bonchev–Trinajstić information content (AvgIpc) is 3.03. The molecule has 9 heteroatoms. The summed E-state index contributed by atoms with van der Waals surface area (Å²) in [5, 5.41) is 5.85. The highest BCUT2D eigenvalue weighted by atomic mass is 35.5. The maximum Gasteiger partial charge on any atom is 0.256 e. The van der Waals surface area contributed by atoms with E-state index in [4.69, 9.17) is 10.3 Å². The lowest BCUT2D eigenvalue weighted by molar-refractivity contribution is -0.759. The predicted octanol–water partition coefficient (Wildman–Crippen LogP) is 2.41. The molecular weight excluding hydrogens is 365 g/mol. The molecule has 1 N–H and O–H groups in total. The van der Waals surface area contributed by atoms with Crippen LogP contribution in [0.5, 0.6) is 0 Å². The zero-order chi connectivity index (χ0) is 16.1. The van der Waals surface area contributed by atoms with E-state index in [1.807, 2.05) is 35.3 Å². The van der Waals surface area contributed by atoms with Gasteiger partial charge in [0.25, 0.3) is 6.20 Å². The van der Waals surface area contributed by atoms with Crippen molar-refractivity contribution in [2.75, 3.05) is 37.7 Å². The van der Waals surface area contributed by atoms with Gasteiger partial charge in [-0.25, -0.2) is 0 Å². The van der Waals surface area contributed by atoms with E-state index in [1.165, 1.54) is 0 Å². The number of nitrogens with one attached hydrogen (secondary N) is 1. The lowest BCUT2D eigenvalue weighted by atomic mass is 10.1. The van der Waals surface area contributed by atoms with Crippen molar-refractivity contribution in [1.29, 1.82) is 0 Å². The first-order chi connectivity index (χ1) is 11.2. The number of hydrogen-bond acceptors (Lipinski definition) is 5. The van der Waals surface area contributed by atoms with Crippen molar-refractivity contribution in [3.63, 3.8) is 0 Å². The Kier molecular flexibility index (Phi) is 8.68. The lowest BCUT2D eigenvalue weighted by Crippen LogP contribution is -2.65. The van der Waals surface area contributed by atoms with Crippen LogP contribution < -0.4 is 9.80 Å². The summed E-state index contributed by atoms with van der Waals surface area (Å²) < 4.78 is 4.76. The van der Waals surface area contributed by atoms with Crippen molar-refractivity contribution in [3.05, 3.63) is 47.8 Å². The number of carbonyl (C=O) groups is 1. The second kappa shape index (κ2) is 10.2. The van der Waals surface area contributed by atoms with Crippen molar-refractivity contribution in [3.8, 4) is 0 Å². The van der Waals surface area contributed by atoms with Gasteiger partial charge in [-0.2, -0.15) is 5.01 Å². The Morgan fingerprint density at radius 3 is 2.44 bits per heavy atom. The fourth-order valence-electron chi connectivity index (χ4n) is 2.77. The molecule has 2 aromatic rings. The van der Waals surface area contributed by atoms with Gasteiger partial charge in [-0.15, -0.1) is 24.8 Å². The van der Waals surface area contributed by atoms with Crippen molar-refractivity contribution in [2.24, 2.45) is 0 Å². The van der Waals surface area contributed by atoms with Gasteiger partial charge in [0.2, 0.25) is 5.27 Å². The minimum atomic E-state index is 0. The smallest absolute Gasteiger partial charge is 0.256 e. The van der Waals surface area contributed by atoms with Crippen LogP contribution in [0.15, 0.2) is 41.1 Å². The van der Waals surface area contributed by atoms with Gasteiger partial charge < -0.3 is 10.3 Å². The Balaban J connectivity index is 0.00000156. The highest BCUT2D eigenvalue weighted by Crippen LogP contribution is 2.07. The third kappa shape index (κ3) is 5.88. The summed E-state index contributed by atoms with van der Waals surface area (Å²) in [6.45, 7) is 4.45. The second-order valence-corrected chi connectivity index (χ2v) is 5.67. The number of rotatable bonds is 6. The molecule has 1 aliphatic heterocycles. The first-order valence-electron chi connectivity index (χ1n) is 7.88. The summed E-state index contributed by atoms with van der Waals surface area (Å²) in [4.78, 5) is 16.0. The molecule has 0 aliphatic carbocycles. The normalized spacial score (nSPS) is 14.5. The van der Waals surface area contributed by atoms with Gasteiger partial charge in [0.1, 0.15) is 5.88 Å². The topological polar surface area (TPSA) is 77.3 Å². The van der Waals surface area contributed by atoms with Crippen LogP contribution in [-0.4, -0.2) is 48.7 Å². The number of carbonyl (C=O) groups excluding carboxylic acids is 1. The van der Waals surface area contributed by atoms with Gasteiger partial charge in [-0.3, -0.25) is 9.69 Å². The van der Waals surface area contributed by atoms with Crippen LogP contribution in [0, 0.1) is 0 Å². The summed E-state index contributed by atoms with van der Waals surface area (Å²) in [5.41, 5.74) is 8.15. The Labute approximate surface area is 159 Å². The van der Waals surface area contributed by atoms with E-state index >= 15 is 0 Å². The molecule has 2 heterocycles. The molecule has 1 saturated heterocycles. The molecule has 0 unspecified atom stereocenters. The highest BCUT2D eigenvalue weighted by Gasteiger charge is 2.24. The Hall–Kier alpha value is -1.83. The molecule has 3 rings (SSSR count). The summed E-state index contributed by atoms with van der Waals surface area (Å²) >= 11 is 0. The molecule has 0 bridgehead atoms. The first-order valence-corrected chi connectivity index (χ1v) is 7.88. The fourth-order valence-corrected chi connectivity index (χ4v) is 2.77. The molecule has 1 fully saturated rings. The SMILES string of the molecule is Cl.Cl.[NH-]c1c[n+](N2CCN(CCCC(=O)c3ccccc3)CC2)no1. The van der Waals surface area contributed by atoms with E-state index in [2.05, 4.69) is 10.2 Å². The third-order valence-electron chi connectivity index (χ3n) is 4.07. The van der Waals surface area contributed by atoms with Crippen LogP contribution in [0.25, 0.3) is 5.73 Å². The van der Waals surface area contributed by atoms with Gasteiger partial charge >= 0.3 is 0 Å². The molecule has 1 aromatic carbocycles. The van der Waals surface area contributed by atoms with Crippen LogP contribution in [0.1, 0.15) is 23.2 Å². The van der Waals surface area contributed by atoms with Gasteiger partial charge in [0, 0.05) is 25.1 Å². The standard InChI is InChI=1S/C16H21N5O2.2ClH/c17-16-13-21(18-23-16)20-11-9-19(10-12-20)8-4-7-15(22)14-5-2-1-3-6-14;;/h1-3,5-6,13H,4,7-12H2,(H-,17,18);2*1H. The Bertz CT molecular complexity index is 645. The quantitative estimate of drug-likeness (QED) is 0.561. The number of ketones is 1. The molecule has 0 radical (unpaired) electrons. The number of benzene rings is 1. The summed E-state index contributed by atoms with van der Waals surface area (Å²) in [7, 11) is 0. The minimum absolute atomic E-state index is 0. The van der Waals surface area contributed by atoms with E-state index in [0.717, 1.165) is 44.7 Å².